The molecule has 3 heterocycles. The molecule has 0 bridgehead atoms. The summed E-state index contributed by atoms with van der Waals surface area (Å²) in [6, 6.07) is 13.5. The summed E-state index contributed by atoms with van der Waals surface area (Å²) in [6.45, 7) is 1.71. The second kappa shape index (κ2) is 11.6. The van der Waals surface area contributed by atoms with E-state index in [0.29, 0.717) is 27.0 Å². The Morgan fingerprint density at radius 3 is 2.47 bits per heavy atom. The Balaban J connectivity index is 1.39. The van der Waals surface area contributed by atoms with Gasteiger partial charge in [-0.3, -0.25) is 9.52 Å². The quantitative estimate of drug-likeness (QED) is 0.241. The molecule has 1 aromatic carbocycles. The van der Waals surface area contributed by atoms with Crippen LogP contribution in [-0.2, 0) is 14.8 Å². The van der Waals surface area contributed by atoms with Crippen LogP contribution in [0.2, 0.25) is 0 Å². The van der Waals surface area contributed by atoms with Crippen LogP contribution >= 0.6 is 34.4 Å². The molecule has 0 radical (unpaired) electrons. The summed E-state index contributed by atoms with van der Waals surface area (Å²) in [5.74, 6) is 0.00206. The standard InChI is InChI=1S/C23H18N8O3S4/c1-13-29-30-23(37-13)31-38(33,34)15-6-4-14(5-7-15)27-19(32)8-10-36-22-17(12-25)20(18-3-2-9-35-18)16(11-24)21(26)28-22/h2-7,9H,8,10H2,1H3,(H2,26,28)(H,27,32)(H,30,31). The molecule has 0 fully saturated rings. The summed E-state index contributed by atoms with van der Waals surface area (Å²) in [5, 5.41) is 32.6. The third-order valence-corrected chi connectivity index (χ3v) is 9.05. The number of nitrogens with two attached hydrogens (primary N) is 1. The number of aromatic nitrogens is 3. The zero-order chi connectivity index (χ0) is 27.3. The number of amides is 1. The smallest absolute Gasteiger partial charge is 0.263 e. The van der Waals surface area contributed by atoms with Crippen LogP contribution in [0, 0.1) is 29.6 Å². The summed E-state index contributed by atoms with van der Waals surface area (Å²) >= 11 is 3.68. The number of nitrogen functional groups attached to an aromatic ring is 1. The van der Waals surface area contributed by atoms with Crippen LogP contribution < -0.4 is 15.8 Å². The number of hydrogen-bond donors (Lipinski definition) is 3. The lowest BCUT2D eigenvalue weighted by atomic mass is 10.0. The highest BCUT2D eigenvalue weighted by Crippen LogP contribution is 2.37. The van der Waals surface area contributed by atoms with Gasteiger partial charge < -0.3 is 11.1 Å². The highest BCUT2D eigenvalue weighted by molar-refractivity contribution is 7.99. The number of thioether (sulfide) groups is 1. The van der Waals surface area contributed by atoms with E-state index >= 15 is 0 Å². The van der Waals surface area contributed by atoms with Crippen LogP contribution in [0.15, 0.2) is 51.7 Å². The van der Waals surface area contributed by atoms with E-state index in [2.05, 4.69) is 31.3 Å². The lowest BCUT2D eigenvalue weighted by molar-refractivity contribution is -0.115. The fourth-order valence-electron chi connectivity index (χ4n) is 3.26. The summed E-state index contributed by atoms with van der Waals surface area (Å²) in [7, 11) is -3.85. The number of benzene rings is 1. The van der Waals surface area contributed by atoms with E-state index in [-0.39, 0.29) is 39.3 Å². The Kier molecular flexibility index (Phi) is 8.23. The van der Waals surface area contributed by atoms with Gasteiger partial charge in [-0.1, -0.05) is 17.4 Å². The molecule has 0 aliphatic carbocycles. The fourth-order valence-corrected chi connectivity index (χ4v) is 6.80. The van der Waals surface area contributed by atoms with E-state index < -0.39 is 10.0 Å². The Labute approximate surface area is 230 Å². The minimum Gasteiger partial charge on any atom is -0.383 e. The number of carbonyl (C=O) groups is 1. The van der Waals surface area contributed by atoms with Gasteiger partial charge in [0.25, 0.3) is 10.0 Å². The minimum absolute atomic E-state index is 0.00830. The van der Waals surface area contributed by atoms with Crippen LogP contribution in [-0.4, -0.2) is 35.3 Å². The maximum absolute atomic E-state index is 12.5. The number of thiophene rings is 1. The van der Waals surface area contributed by atoms with Crippen molar-refractivity contribution < 1.29 is 13.2 Å². The Morgan fingerprint density at radius 1 is 1.13 bits per heavy atom. The normalized spacial score (nSPS) is 10.9. The monoisotopic (exact) mass is 582 g/mol. The van der Waals surface area contributed by atoms with Crippen LogP contribution in [0.3, 0.4) is 0 Å². The molecular weight excluding hydrogens is 565 g/mol. The summed E-state index contributed by atoms with van der Waals surface area (Å²) in [4.78, 5) is 17.4. The summed E-state index contributed by atoms with van der Waals surface area (Å²) < 4.78 is 27.4. The second-order valence-electron chi connectivity index (χ2n) is 7.53. The van der Waals surface area contributed by atoms with Crippen molar-refractivity contribution in [3.05, 3.63) is 57.9 Å². The van der Waals surface area contributed by atoms with Crippen molar-refractivity contribution in [1.82, 2.24) is 15.2 Å². The Hall–Kier alpha value is -4.02. The average Bonchev–Trinajstić information content (AvgIpc) is 3.55. The first-order valence-corrected chi connectivity index (χ1v) is 14.9. The van der Waals surface area contributed by atoms with E-state index in [0.717, 1.165) is 16.2 Å². The van der Waals surface area contributed by atoms with Crippen molar-refractivity contribution in [1.29, 1.82) is 10.5 Å². The number of nitrogens with one attached hydrogen (secondary N) is 2. The Morgan fingerprint density at radius 2 is 1.87 bits per heavy atom. The van der Waals surface area contributed by atoms with Crippen molar-refractivity contribution >= 4 is 67.0 Å². The molecule has 0 spiro atoms. The van der Waals surface area contributed by atoms with E-state index in [1.54, 1.807) is 13.0 Å². The first-order valence-electron chi connectivity index (χ1n) is 10.7. The van der Waals surface area contributed by atoms with Crippen LogP contribution in [0.25, 0.3) is 10.4 Å². The number of pyridine rings is 1. The predicted octanol–water partition coefficient (Wildman–Crippen LogP) is 4.22. The highest BCUT2D eigenvalue weighted by atomic mass is 32.2. The maximum atomic E-state index is 12.5. The van der Waals surface area contributed by atoms with Crippen LogP contribution in [0.1, 0.15) is 22.6 Å². The topological polar surface area (TPSA) is 188 Å². The van der Waals surface area contributed by atoms with Crippen molar-refractivity contribution in [3.63, 3.8) is 0 Å². The fraction of sp³-hybridized carbons (Fsp3) is 0.130. The molecule has 0 aliphatic rings. The number of hydrogen-bond acceptors (Lipinski definition) is 12. The molecule has 4 aromatic rings. The molecule has 1 amide bonds. The maximum Gasteiger partial charge on any atom is 0.263 e. The number of sulfonamides is 1. The molecule has 0 aliphatic heterocycles. The molecule has 0 saturated heterocycles. The largest absolute Gasteiger partial charge is 0.383 e. The van der Waals surface area contributed by atoms with Crippen LogP contribution in [0.5, 0.6) is 0 Å². The number of rotatable bonds is 9. The van der Waals surface area contributed by atoms with Gasteiger partial charge in [-0.25, -0.2) is 13.4 Å². The van der Waals surface area contributed by atoms with Gasteiger partial charge in [-0.05, 0) is 42.6 Å². The lowest BCUT2D eigenvalue weighted by Gasteiger charge is -2.11. The SMILES string of the molecule is Cc1nnc(NS(=O)(=O)c2ccc(NC(=O)CCSc3nc(N)c(C#N)c(-c4cccs4)c3C#N)cc2)s1. The van der Waals surface area contributed by atoms with Gasteiger partial charge in [0.2, 0.25) is 11.0 Å². The second-order valence-corrected chi connectivity index (χ2v) is 12.4. The van der Waals surface area contributed by atoms with Gasteiger partial charge in [0.05, 0.1) is 10.5 Å². The van der Waals surface area contributed by atoms with Crippen molar-refractivity contribution in [2.24, 2.45) is 0 Å². The molecule has 3 aromatic heterocycles. The molecule has 0 atom stereocenters. The highest BCUT2D eigenvalue weighted by Gasteiger charge is 2.21. The zero-order valence-corrected chi connectivity index (χ0v) is 22.9. The molecule has 15 heteroatoms. The van der Waals surface area contributed by atoms with Gasteiger partial charge in [0.15, 0.2) is 0 Å². The average molecular weight is 583 g/mol. The molecule has 4 rings (SSSR count). The number of aryl methyl sites for hydroxylation is 1. The van der Waals surface area contributed by atoms with Crippen LogP contribution in [0.4, 0.5) is 16.6 Å². The lowest BCUT2D eigenvalue weighted by Crippen LogP contribution is -2.14. The van der Waals surface area contributed by atoms with Crippen molar-refractivity contribution in [3.8, 4) is 22.6 Å². The number of nitrogens with zero attached hydrogens (tertiary/aromatic N) is 5. The number of nitriles is 2. The van der Waals surface area contributed by atoms with Crippen molar-refractivity contribution in [2.75, 3.05) is 21.5 Å². The number of carbonyl (C=O) groups excluding carboxylic acids is 1. The van der Waals surface area contributed by atoms with Crippen molar-refractivity contribution in [2.45, 2.75) is 23.3 Å². The van der Waals surface area contributed by atoms with Gasteiger partial charge in [-0.15, -0.1) is 33.3 Å². The van der Waals surface area contributed by atoms with E-state index in [9.17, 15) is 23.7 Å². The Bertz CT molecular complexity index is 1670. The van der Waals surface area contributed by atoms with Gasteiger partial charge in [0.1, 0.15) is 33.6 Å². The van der Waals surface area contributed by atoms with E-state index in [1.807, 2.05) is 17.5 Å². The molecular formula is C23H18N8O3S4. The predicted molar refractivity (Wildman–Crippen MR) is 147 cm³/mol. The third kappa shape index (κ3) is 6.09. The summed E-state index contributed by atoms with van der Waals surface area (Å²) in [5.41, 5.74) is 7.24. The molecule has 38 heavy (non-hydrogen) atoms. The molecule has 11 nitrogen and oxygen atoms in total. The third-order valence-electron chi connectivity index (χ3n) is 4.95. The zero-order valence-electron chi connectivity index (χ0n) is 19.6. The first-order chi connectivity index (χ1) is 18.2. The van der Waals surface area contributed by atoms with E-state index in [1.165, 1.54) is 47.4 Å². The first kappa shape index (κ1) is 27.0. The molecule has 192 valence electrons. The number of anilines is 3. The molecule has 0 unspecified atom stereocenters. The van der Waals surface area contributed by atoms with Gasteiger partial charge >= 0.3 is 0 Å². The van der Waals surface area contributed by atoms with E-state index in [4.69, 9.17) is 5.73 Å². The van der Waals surface area contributed by atoms with Gasteiger partial charge in [0, 0.05) is 28.3 Å². The van der Waals surface area contributed by atoms with Gasteiger partial charge in [-0.2, -0.15) is 10.5 Å². The minimum atomic E-state index is -3.85. The summed E-state index contributed by atoms with van der Waals surface area (Å²) in [6.07, 6.45) is 0.0868. The molecule has 4 N–H and O–H groups in total. The molecule has 0 saturated carbocycles.